The van der Waals surface area contributed by atoms with Gasteiger partial charge in [-0.3, -0.25) is 0 Å². The first-order chi connectivity index (χ1) is 9.13. The Morgan fingerprint density at radius 3 is 2.40 bits per heavy atom. The SMILES string of the molecule is COc1ccc(Cc2cnc(N)nc2N)cc1OC.Cl. The van der Waals surface area contributed by atoms with Crippen LogP contribution in [-0.4, -0.2) is 24.2 Å². The van der Waals surface area contributed by atoms with Crippen LogP contribution in [0.25, 0.3) is 0 Å². The predicted octanol–water partition coefficient (Wildman–Crippen LogP) is 1.67. The molecule has 2 rings (SSSR count). The molecule has 20 heavy (non-hydrogen) atoms. The molecule has 6 nitrogen and oxygen atoms in total. The molecule has 0 bridgehead atoms. The highest BCUT2D eigenvalue weighted by atomic mass is 35.5. The Balaban J connectivity index is 0.00000200. The third-order valence-corrected chi connectivity index (χ3v) is 2.76. The number of halogens is 1. The molecule has 4 N–H and O–H groups in total. The Bertz CT molecular complexity index is 593. The summed E-state index contributed by atoms with van der Waals surface area (Å²) in [4.78, 5) is 7.88. The van der Waals surface area contributed by atoms with E-state index in [0.29, 0.717) is 23.7 Å². The number of benzene rings is 1. The lowest BCUT2D eigenvalue weighted by Crippen LogP contribution is -2.04. The van der Waals surface area contributed by atoms with Crippen molar-refractivity contribution < 1.29 is 9.47 Å². The highest BCUT2D eigenvalue weighted by molar-refractivity contribution is 5.85. The van der Waals surface area contributed by atoms with Crippen molar-refractivity contribution in [2.24, 2.45) is 0 Å². The number of methoxy groups -OCH3 is 2. The van der Waals surface area contributed by atoms with Crippen LogP contribution in [0.4, 0.5) is 11.8 Å². The Morgan fingerprint density at radius 1 is 1.10 bits per heavy atom. The van der Waals surface area contributed by atoms with Gasteiger partial charge in [-0.1, -0.05) is 6.07 Å². The first-order valence-corrected chi connectivity index (χ1v) is 5.71. The van der Waals surface area contributed by atoms with Gasteiger partial charge in [0.2, 0.25) is 5.95 Å². The van der Waals surface area contributed by atoms with E-state index in [0.717, 1.165) is 11.1 Å². The summed E-state index contributed by atoms with van der Waals surface area (Å²) < 4.78 is 10.4. The van der Waals surface area contributed by atoms with E-state index in [1.54, 1.807) is 20.4 Å². The first kappa shape index (κ1) is 15.8. The molecule has 0 atom stereocenters. The molecule has 1 aromatic heterocycles. The minimum Gasteiger partial charge on any atom is -0.493 e. The van der Waals surface area contributed by atoms with Crippen LogP contribution in [0.3, 0.4) is 0 Å². The summed E-state index contributed by atoms with van der Waals surface area (Å²) in [5.74, 6) is 1.93. The average molecular weight is 297 g/mol. The topological polar surface area (TPSA) is 96.3 Å². The molecule has 0 spiro atoms. The fraction of sp³-hybridized carbons (Fsp3) is 0.231. The maximum absolute atomic E-state index is 5.81. The zero-order valence-electron chi connectivity index (χ0n) is 11.3. The molecule has 0 aliphatic rings. The number of rotatable bonds is 4. The molecule has 7 heteroatoms. The molecule has 0 saturated carbocycles. The number of nitrogens with zero attached hydrogens (tertiary/aromatic N) is 2. The molecule has 0 aliphatic carbocycles. The fourth-order valence-corrected chi connectivity index (χ4v) is 1.78. The lowest BCUT2D eigenvalue weighted by atomic mass is 10.1. The fourth-order valence-electron chi connectivity index (χ4n) is 1.78. The average Bonchev–Trinajstić information content (AvgIpc) is 2.41. The Kier molecular flexibility index (Phi) is 5.40. The van der Waals surface area contributed by atoms with Crippen molar-refractivity contribution in [3.05, 3.63) is 35.5 Å². The smallest absolute Gasteiger partial charge is 0.221 e. The highest BCUT2D eigenvalue weighted by Gasteiger charge is 2.08. The van der Waals surface area contributed by atoms with Gasteiger partial charge in [0.25, 0.3) is 0 Å². The molecule has 0 unspecified atom stereocenters. The van der Waals surface area contributed by atoms with Crippen molar-refractivity contribution in [3.8, 4) is 11.5 Å². The van der Waals surface area contributed by atoms with Gasteiger partial charge in [-0.25, -0.2) is 4.98 Å². The van der Waals surface area contributed by atoms with Crippen molar-refractivity contribution in [3.63, 3.8) is 0 Å². The molecule has 0 saturated heterocycles. The quantitative estimate of drug-likeness (QED) is 0.891. The third kappa shape index (κ3) is 3.42. The molecular weight excluding hydrogens is 280 g/mol. The molecular formula is C13H17ClN4O2. The van der Waals surface area contributed by atoms with Gasteiger partial charge in [0.05, 0.1) is 14.2 Å². The number of nitrogen functional groups attached to an aromatic ring is 2. The number of anilines is 2. The zero-order valence-corrected chi connectivity index (χ0v) is 12.1. The standard InChI is InChI=1S/C13H16N4O2.ClH/c1-18-10-4-3-8(6-11(10)19-2)5-9-7-16-13(15)17-12(9)14;/h3-4,6-7H,5H2,1-2H3,(H4,14,15,16,17);1H. The Morgan fingerprint density at radius 2 is 1.80 bits per heavy atom. The summed E-state index contributed by atoms with van der Waals surface area (Å²) in [6.07, 6.45) is 2.24. The summed E-state index contributed by atoms with van der Waals surface area (Å²) in [5, 5.41) is 0. The van der Waals surface area contributed by atoms with E-state index in [1.165, 1.54) is 0 Å². The first-order valence-electron chi connectivity index (χ1n) is 5.71. The van der Waals surface area contributed by atoms with Gasteiger partial charge in [-0.2, -0.15) is 4.98 Å². The minimum absolute atomic E-state index is 0. The molecule has 0 aliphatic heterocycles. The van der Waals surface area contributed by atoms with E-state index in [4.69, 9.17) is 20.9 Å². The second kappa shape index (κ2) is 6.81. The predicted molar refractivity (Wildman–Crippen MR) is 80.5 cm³/mol. The van der Waals surface area contributed by atoms with E-state index < -0.39 is 0 Å². The summed E-state index contributed by atoms with van der Waals surface area (Å²) in [6, 6.07) is 5.69. The molecule has 0 radical (unpaired) electrons. The van der Waals surface area contributed by atoms with Crippen LogP contribution in [-0.2, 0) is 6.42 Å². The number of nitrogens with two attached hydrogens (primary N) is 2. The second-order valence-corrected chi connectivity index (χ2v) is 4.00. The van der Waals surface area contributed by atoms with Gasteiger partial charge < -0.3 is 20.9 Å². The van der Waals surface area contributed by atoms with Crippen LogP contribution in [0, 0.1) is 0 Å². The van der Waals surface area contributed by atoms with Crippen molar-refractivity contribution in [1.82, 2.24) is 9.97 Å². The maximum Gasteiger partial charge on any atom is 0.221 e. The maximum atomic E-state index is 5.81. The van der Waals surface area contributed by atoms with Crippen LogP contribution in [0.2, 0.25) is 0 Å². The number of hydrogen-bond acceptors (Lipinski definition) is 6. The summed E-state index contributed by atoms with van der Waals surface area (Å²) in [7, 11) is 3.20. The van der Waals surface area contributed by atoms with Crippen LogP contribution in [0.1, 0.15) is 11.1 Å². The summed E-state index contributed by atoms with van der Waals surface area (Å²) >= 11 is 0. The minimum atomic E-state index is 0. The lowest BCUT2D eigenvalue weighted by molar-refractivity contribution is 0.354. The van der Waals surface area contributed by atoms with E-state index in [1.807, 2.05) is 18.2 Å². The van der Waals surface area contributed by atoms with E-state index >= 15 is 0 Å². The molecule has 2 aromatic rings. The summed E-state index contributed by atoms with van der Waals surface area (Å²) in [5.41, 5.74) is 13.1. The molecule has 0 amide bonds. The largest absolute Gasteiger partial charge is 0.493 e. The van der Waals surface area contributed by atoms with Crippen LogP contribution in [0.15, 0.2) is 24.4 Å². The second-order valence-electron chi connectivity index (χ2n) is 4.00. The molecule has 108 valence electrons. The van der Waals surface area contributed by atoms with Crippen LogP contribution < -0.4 is 20.9 Å². The lowest BCUT2D eigenvalue weighted by Gasteiger charge is -2.10. The molecule has 0 fully saturated rings. The van der Waals surface area contributed by atoms with Crippen molar-refractivity contribution >= 4 is 24.2 Å². The van der Waals surface area contributed by atoms with Gasteiger partial charge in [0, 0.05) is 18.2 Å². The van der Waals surface area contributed by atoms with Gasteiger partial charge in [-0.05, 0) is 17.7 Å². The number of aromatic nitrogens is 2. The molecule has 1 heterocycles. The highest BCUT2D eigenvalue weighted by Crippen LogP contribution is 2.28. The number of hydrogen-bond donors (Lipinski definition) is 2. The van der Waals surface area contributed by atoms with E-state index in [9.17, 15) is 0 Å². The third-order valence-electron chi connectivity index (χ3n) is 2.76. The van der Waals surface area contributed by atoms with Crippen molar-refractivity contribution in [1.29, 1.82) is 0 Å². The van der Waals surface area contributed by atoms with Gasteiger partial charge in [0.1, 0.15) is 5.82 Å². The van der Waals surface area contributed by atoms with Crippen LogP contribution >= 0.6 is 12.4 Å². The zero-order chi connectivity index (χ0) is 13.8. The van der Waals surface area contributed by atoms with Gasteiger partial charge in [-0.15, -0.1) is 12.4 Å². The van der Waals surface area contributed by atoms with Crippen molar-refractivity contribution in [2.45, 2.75) is 6.42 Å². The van der Waals surface area contributed by atoms with Crippen molar-refractivity contribution in [2.75, 3.05) is 25.7 Å². The van der Waals surface area contributed by atoms with Gasteiger partial charge in [0.15, 0.2) is 11.5 Å². The summed E-state index contributed by atoms with van der Waals surface area (Å²) in [6.45, 7) is 0. The van der Waals surface area contributed by atoms with E-state index in [-0.39, 0.29) is 18.4 Å². The monoisotopic (exact) mass is 296 g/mol. The number of ether oxygens (including phenoxy) is 2. The van der Waals surface area contributed by atoms with Crippen LogP contribution in [0.5, 0.6) is 11.5 Å². The Hall–Kier alpha value is -2.21. The van der Waals surface area contributed by atoms with E-state index in [2.05, 4.69) is 9.97 Å². The molecule has 1 aromatic carbocycles. The Labute approximate surface area is 123 Å². The van der Waals surface area contributed by atoms with Gasteiger partial charge >= 0.3 is 0 Å². The normalized spacial score (nSPS) is 9.70.